The second kappa shape index (κ2) is 12.2. The molecule has 60 heavy (non-hydrogen) atoms. The molecule has 0 bridgehead atoms. The monoisotopic (exact) mass is 765 g/mol. The Balaban J connectivity index is 0.958. The van der Waals surface area contributed by atoms with Gasteiger partial charge in [-0.2, -0.15) is 0 Å². The van der Waals surface area contributed by atoms with Crippen LogP contribution in [0.5, 0.6) is 0 Å². The number of fused-ring (bicyclic) bond motifs is 12. The molecule has 1 aliphatic rings. The standard InChI is InChI=1S/C57H39N3/c1-57(2)49-33-40(27-28-41(49)45-34-48-44-21-11-13-23-52(44)59(56(48)35-50(45)57)39-17-7-4-8-18-39)60-53-24-14-10-20-43(53)47-32-37(26-30-55(47)60)36-25-29-54-46(31-36)42-19-9-12-22-51(42)58(54)38-15-5-3-6-16-38/h3-35H,1-2H3. The van der Waals surface area contributed by atoms with Crippen molar-refractivity contribution in [3.63, 3.8) is 0 Å². The van der Waals surface area contributed by atoms with Gasteiger partial charge in [0.25, 0.3) is 0 Å². The highest BCUT2D eigenvalue weighted by molar-refractivity contribution is 6.14. The van der Waals surface area contributed by atoms with Crippen LogP contribution in [0.1, 0.15) is 25.0 Å². The SMILES string of the molecule is CC1(C)c2cc(-n3c4ccccc4c4cc(-c5ccc6c(c5)c5ccccc5n6-c5ccccc5)ccc43)ccc2-c2cc3c4ccccc4n(-c4ccccc4)c3cc21. The molecule has 0 fully saturated rings. The molecule has 3 heterocycles. The van der Waals surface area contributed by atoms with Crippen molar-refractivity contribution in [2.45, 2.75) is 19.3 Å². The van der Waals surface area contributed by atoms with Gasteiger partial charge in [-0.3, -0.25) is 0 Å². The molecule has 0 atom stereocenters. The first-order chi connectivity index (χ1) is 29.5. The predicted molar refractivity (Wildman–Crippen MR) is 252 cm³/mol. The molecule has 282 valence electrons. The van der Waals surface area contributed by atoms with Crippen LogP contribution >= 0.6 is 0 Å². The van der Waals surface area contributed by atoms with E-state index < -0.39 is 0 Å². The Labute approximate surface area is 347 Å². The highest BCUT2D eigenvalue weighted by Gasteiger charge is 2.37. The van der Waals surface area contributed by atoms with Crippen LogP contribution in [0.3, 0.4) is 0 Å². The van der Waals surface area contributed by atoms with Crippen molar-refractivity contribution in [1.29, 1.82) is 0 Å². The summed E-state index contributed by atoms with van der Waals surface area (Å²) in [5, 5.41) is 7.62. The van der Waals surface area contributed by atoms with E-state index in [2.05, 4.69) is 228 Å². The number of benzene rings is 9. The van der Waals surface area contributed by atoms with E-state index >= 15 is 0 Å². The Kier molecular flexibility index (Phi) is 6.78. The van der Waals surface area contributed by atoms with Gasteiger partial charge in [0, 0.05) is 54.8 Å². The van der Waals surface area contributed by atoms with Crippen LogP contribution in [0, 0.1) is 0 Å². The van der Waals surface area contributed by atoms with Crippen LogP contribution in [0.4, 0.5) is 0 Å². The van der Waals surface area contributed by atoms with Crippen molar-refractivity contribution in [2.75, 3.05) is 0 Å². The van der Waals surface area contributed by atoms with E-state index in [0.29, 0.717) is 0 Å². The average molecular weight is 766 g/mol. The maximum Gasteiger partial charge on any atom is 0.0544 e. The Morgan fingerprint density at radius 1 is 0.283 bits per heavy atom. The molecule has 3 nitrogen and oxygen atoms in total. The fraction of sp³-hybridized carbons (Fsp3) is 0.0526. The quantitative estimate of drug-likeness (QED) is 0.169. The minimum absolute atomic E-state index is 0.193. The maximum absolute atomic E-state index is 2.47. The predicted octanol–water partition coefficient (Wildman–Crippen LogP) is 15.0. The summed E-state index contributed by atoms with van der Waals surface area (Å²) >= 11 is 0. The molecule has 0 unspecified atom stereocenters. The van der Waals surface area contributed by atoms with Gasteiger partial charge in [-0.1, -0.05) is 123 Å². The normalized spacial score (nSPS) is 13.3. The van der Waals surface area contributed by atoms with Crippen LogP contribution in [0.15, 0.2) is 200 Å². The smallest absolute Gasteiger partial charge is 0.0544 e. The van der Waals surface area contributed by atoms with Gasteiger partial charge in [0.05, 0.1) is 33.1 Å². The van der Waals surface area contributed by atoms with Gasteiger partial charge >= 0.3 is 0 Å². The lowest BCUT2D eigenvalue weighted by molar-refractivity contribution is 0.660. The van der Waals surface area contributed by atoms with Gasteiger partial charge < -0.3 is 13.7 Å². The summed E-state index contributed by atoms with van der Waals surface area (Å²) in [4.78, 5) is 0. The Morgan fingerprint density at radius 3 is 1.23 bits per heavy atom. The summed E-state index contributed by atoms with van der Waals surface area (Å²) in [6, 6.07) is 74.0. The van der Waals surface area contributed by atoms with Gasteiger partial charge in [0.15, 0.2) is 0 Å². The van der Waals surface area contributed by atoms with E-state index in [-0.39, 0.29) is 5.41 Å². The zero-order valence-electron chi connectivity index (χ0n) is 33.4. The van der Waals surface area contributed by atoms with Gasteiger partial charge in [0.1, 0.15) is 0 Å². The number of nitrogens with zero attached hydrogens (tertiary/aromatic N) is 3. The van der Waals surface area contributed by atoms with Gasteiger partial charge in [-0.25, -0.2) is 0 Å². The van der Waals surface area contributed by atoms with Gasteiger partial charge in [-0.15, -0.1) is 0 Å². The second-order valence-corrected chi connectivity index (χ2v) is 17.0. The molecule has 0 spiro atoms. The first-order valence-corrected chi connectivity index (χ1v) is 20.9. The molecule has 13 rings (SSSR count). The largest absolute Gasteiger partial charge is 0.309 e. The maximum atomic E-state index is 2.47. The summed E-state index contributed by atoms with van der Waals surface area (Å²) in [5.41, 5.74) is 18.5. The number of rotatable bonds is 4. The van der Waals surface area contributed by atoms with Crippen LogP contribution in [-0.2, 0) is 5.41 Å². The molecule has 12 aromatic rings. The zero-order valence-corrected chi connectivity index (χ0v) is 33.4. The third kappa shape index (κ3) is 4.55. The Morgan fingerprint density at radius 2 is 0.700 bits per heavy atom. The lowest BCUT2D eigenvalue weighted by atomic mass is 9.82. The highest BCUT2D eigenvalue weighted by atomic mass is 15.0. The van der Waals surface area contributed by atoms with Gasteiger partial charge in [0.2, 0.25) is 0 Å². The average Bonchev–Trinajstić information content (AvgIpc) is 3.99. The van der Waals surface area contributed by atoms with E-state index in [4.69, 9.17) is 0 Å². The van der Waals surface area contributed by atoms with Crippen molar-refractivity contribution < 1.29 is 0 Å². The topological polar surface area (TPSA) is 14.8 Å². The van der Waals surface area contributed by atoms with E-state index in [1.165, 1.54) is 116 Å². The first-order valence-electron chi connectivity index (χ1n) is 20.9. The van der Waals surface area contributed by atoms with Crippen LogP contribution in [0.2, 0.25) is 0 Å². The van der Waals surface area contributed by atoms with E-state index in [9.17, 15) is 0 Å². The molecular weight excluding hydrogens is 727 g/mol. The molecule has 9 aromatic carbocycles. The zero-order chi connectivity index (χ0) is 39.7. The summed E-state index contributed by atoms with van der Waals surface area (Å²) in [5.74, 6) is 0. The first kappa shape index (κ1) is 33.4. The van der Waals surface area contributed by atoms with Gasteiger partial charge in [-0.05, 0) is 124 Å². The minimum atomic E-state index is -0.193. The third-order valence-corrected chi connectivity index (χ3v) is 13.4. The third-order valence-electron chi connectivity index (χ3n) is 13.4. The lowest BCUT2D eigenvalue weighted by Crippen LogP contribution is -2.15. The fourth-order valence-electron chi connectivity index (χ4n) is 10.6. The molecule has 0 N–H and O–H groups in total. The lowest BCUT2D eigenvalue weighted by Gasteiger charge is -2.23. The molecule has 0 radical (unpaired) electrons. The molecule has 0 aliphatic heterocycles. The van der Waals surface area contributed by atoms with Crippen molar-refractivity contribution in [1.82, 2.24) is 13.7 Å². The summed E-state index contributed by atoms with van der Waals surface area (Å²) in [7, 11) is 0. The van der Waals surface area contributed by atoms with E-state index in [1.807, 2.05) is 0 Å². The molecule has 0 amide bonds. The van der Waals surface area contributed by atoms with Crippen molar-refractivity contribution in [3.8, 4) is 39.3 Å². The van der Waals surface area contributed by atoms with Crippen molar-refractivity contribution in [3.05, 3.63) is 211 Å². The number of hydrogen-bond donors (Lipinski definition) is 0. The van der Waals surface area contributed by atoms with E-state index in [1.54, 1.807) is 0 Å². The van der Waals surface area contributed by atoms with Crippen LogP contribution < -0.4 is 0 Å². The molecule has 3 heteroatoms. The van der Waals surface area contributed by atoms with Crippen molar-refractivity contribution in [2.24, 2.45) is 0 Å². The molecule has 1 aliphatic carbocycles. The van der Waals surface area contributed by atoms with Crippen molar-refractivity contribution >= 4 is 65.4 Å². The summed E-state index contributed by atoms with van der Waals surface area (Å²) < 4.78 is 7.29. The molecular formula is C57H39N3. The highest BCUT2D eigenvalue weighted by Crippen LogP contribution is 2.52. The number of hydrogen-bond acceptors (Lipinski definition) is 0. The van der Waals surface area contributed by atoms with Crippen LogP contribution in [0.25, 0.3) is 105 Å². The summed E-state index contributed by atoms with van der Waals surface area (Å²) in [6.45, 7) is 4.80. The Hall–Kier alpha value is -7.62. The number of para-hydroxylation sites is 5. The molecule has 3 aromatic heterocycles. The minimum Gasteiger partial charge on any atom is -0.309 e. The summed E-state index contributed by atoms with van der Waals surface area (Å²) in [6.07, 6.45) is 0. The fourth-order valence-corrected chi connectivity index (χ4v) is 10.6. The molecule has 0 saturated carbocycles. The van der Waals surface area contributed by atoms with E-state index in [0.717, 1.165) is 0 Å². The Bertz CT molecular complexity index is 3730. The molecule has 0 saturated heterocycles. The second-order valence-electron chi connectivity index (χ2n) is 17.0. The van der Waals surface area contributed by atoms with Crippen LogP contribution in [-0.4, -0.2) is 13.7 Å². The number of aromatic nitrogens is 3.